The predicted octanol–water partition coefficient (Wildman–Crippen LogP) is 3.46. The Balaban J connectivity index is 1.44. The zero-order valence-corrected chi connectivity index (χ0v) is 18.7. The molecule has 31 heavy (non-hydrogen) atoms. The zero-order valence-electron chi connectivity index (χ0n) is 18.7. The lowest BCUT2D eigenvalue weighted by molar-refractivity contribution is 0.198. The first-order valence-corrected chi connectivity index (χ1v) is 11.3. The van der Waals surface area contributed by atoms with Crippen LogP contribution < -0.4 is 4.90 Å². The fourth-order valence-corrected chi connectivity index (χ4v) is 4.91. The van der Waals surface area contributed by atoms with Crippen LogP contribution in [0.3, 0.4) is 0 Å². The van der Waals surface area contributed by atoms with Crippen molar-refractivity contribution in [1.82, 2.24) is 29.8 Å². The van der Waals surface area contributed by atoms with Crippen molar-refractivity contribution in [2.45, 2.75) is 52.0 Å². The molecule has 0 aromatic carbocycles. The number of piperidine rings is 1. The van der Waals surface area contributed by atoms with E-state index in [2.05, 4.69) is 33.2 Å². The maximum Gasteiger partial charge on any atom is 0.225 e. The van der Waals surface area contributed by atoms with Crippen LogP contribution in [0.25, 0.3) is 11.3 Å². The third kappa shape index (κ3) is 4.21. The van der Waals surface area contributed by atoms with Crippen LogP contribution in [0.4, 0.5) is 5.95 Å². The summed E-state index contributed by atoms with van der Waals surface area (Å²) in [5, 5.41) is 8.61. The summed E-state index contributed by atoms with van der Waals surface area (Å²) in [4.78, 5) is 14.7. The molecule has 0 amide bonds. The van der Waals surface area contributed by atoms with E-state index >= 15 is 0 Å². The Hall–Kier alpha value is -2.74. The van der Waals surface area contributed by atoms with Gasteiger partial charge in [-0.15, -0.1) is 0 Å². The highest BCUT2D eigenvalue weighted by atomic mass is 16.5. The van der Waals surface area contributed by atoms with Crippen molar-refractivity contribution < 1.29 is 4.52 Å². The van der Waals surface area contributed by atoms with Crippen LogP contribution in [0.5, 0.6) is 0 Å². The summed E-state index contributed by atoms with van der Waals surface area (Å²) in [6.45, 7) is 9.13. The highest BCUT2D eigenvalue weighted by molar-refractivity contribution is 5.61. The Morgan fingerprint density at radius 3 is 2.68 bits per heavy atom. The lowest BCUT2D eigenvalue weighted by atomic mass is 9.91. The molecular formula is C23H31N7O. The maximum absolute atomic E-state index is 5.62. The number of aryl methyl sites for hydroxylation is 3. The third-order valence-corrected chi connectivity index (χ3v) is 6.49. The molecule has 1 atom stereocenters. The molecule has 164 valence electrons. The second-order valence-electron chi connectivity index (χ2n) is 8.98. The van der Waals surface area contributed by atoms with E-state index in [0.29, 0.717) is 5.92 Å². The number of hydrogen-bond donors (Lipinski definition) is 0. The van der Waals surface area contributed by atoms with Crippen LogP contribution in [-0.4, -0.2) is 56.0 Å². The smallest absolute Gasteiger partial charge is 0.225 e. The van der Waals surface area contributed by atoms with E-state index in [1.165, 1.54) is 18.4 Å². The molecule has 8 nitrogen and oxygen atoms in total. The van der Waals surface area contributed by atoms with Crippen molar-refractivity contribution in [3.63, 3.8) is 0 Å². The molecule has 0 unspecified atom stereocenters. The summed E-state index contributed by atoms with van der Waals surface area (Å²) in [6, 6.07) is 1.98. The van der Waals surface area contributed by atoms with Crippen molar-refractivity contribution in [2.75, 3.05) is 31.1 Å². The van der Waals surface area contributed by atoms with Crippen LogP contribution in [0.15, 0.2) is 23.0 Å². The fourth-order valence-electron chi connectivity index (χ4n) is 4.91. The average molecular weight is 422 g/mol. The fraction of sp³-hybridized carbons (Fsp3) is 0.565. The number of hydrogen-bond acceptors (Lipinski definition) is 7. The van der Waals surface area contributed by atoms with E-state index < -0.39 is 0 Å². The largest absolute Gasteiger partial charge is 0.356 e. The summed E-state index contributed by atoms with van der Waals surface area (Å²) in [7, 11) is 1.99. The summed E-state index contributed by atoms with van der Waals surface area (Å²) < 4.78 is 7.53. The first kappa shape index (κ1) is 20.2. The molecular weight excluding hydrogens is 390 g/mol. The lowest BCUT2D eigenvalue weighted by Crippen LogP contribution is -2.34. The van der Waals surface area contributed by atoms with Gasteiger partial charge in [0, 0.05) is 63.2 Å². The molecule has 5 rings (SSSR count). The standard InChI is InChI=1S/C23H31N7O/c1-16-11-21(31-27-16)20-12-24-23(30-9-4-5-10-30)25-22(20)18-7-6-8-29(14-18)15-19-13-28(3)26-17(19)2/h11-13,18H,4-10,14-15H2,1-3H3/t18-/m0/s1. The molecule has 0 bridgehead atoms. The number of aromatic nitrogens is 5. The second kappa shape index (κ2) is 8.42. The molecule has 3 aromatic rings. The Kier molecular flexibility index (Phi) is 5.48. The quantitative estimate of drug-likeness (QED) is 0.624. The van der Waals surface area contributed by atoms with Crippen LogP contribution in [-0.2, 0) is 13.6 Å². The number of anilines is 1. The van der Waals surface area contributed by atoms with E-state index in [1.807, 2.05) is 30.9 Å². The summed E-state index contributed by atoms with van der Waals surface area (Å²) in [5.41, 5.74) is 5.37. The van der Waals surface area contributed by atoms with Gasteiger partial charge in [-0.2, -0.15) is 5.10 Å². The van der Waals surface area contributed by atoms with Gasteiger partial charge in [-0.25, -0.2) is 9.97 Å². The van der Waals surface area contributed by atoms with E-state index in [0.717, 1.165) is 79.9 Å². The third-order valence-electron chi connectivity index (χ3n) is 6.49. The predicted molar refractivity (Wildman–Crippen MR) is 119 cm³/mol. The second-order valence-corrected chi connectivity index (χ2v) is 8.98. The van der Waals surface area contributed by atoms with Gasteiger partial charge in [0.1, 0.15) is 0 Å². The number of likely N-dealkylation sites (tertiary alicyclic amines) is 1. The summed E-state index contributed by atoms with van der Waals surface area (Å²) in [5.74, 6) is 1.96. The van der Waals surface area contributed by atoms with Crippen molar-refractivity contribution in [1.29, 1.82) is 0 Å². The first-order valence-electron chi connectivity index (χ1n) is 11.3. The maximum atomic E-state index is 5.62. The van der Waals surface area contributed by atoms with Crippen LogP contribution in [0.2, 0.25) is 0 Å². The Morgan fingerprint density at radius 2 is 1.97 bits per heavy atom. The average Bonchev–Trinajstić information content (AvgIpc) is 3.50. The summed E-state index contributed by atoms with van der Waals surface area (Å²) in [6.07, 6.45) is 8.78. The number of rotatable bonds is 5. The Labute approximate surface area is 183 Å². The molecule has 5 heterocycles. The Morgan fingerprint density at radius 1 is 1.13 bits per heavy atom. The molecule has 0 spiro atoms. The van der Waals surface area contributed by atoms with Crippen molar-refractivity contribution >= 4 is 5.95 Å². The highest BCUT2D eigenvalue weighted by Gasteiger charge is 2.28. The molecule has 2 aliphatic heterocycles. The van der Waals surface area contributed by atoms with Gasteiger partial charge < -0.3 is 9.42 Å². The van der Waals surface area contributed by atoms with Crippen LogP contribution >= 0.6 is 0 Å². The SMILES string of the molecule is Cc1cc(-c2cnc(N3CCCC3)nc2[C@H]2CCCN(Cc3cn(C)nc3C)C2)on1. The molecule has 0 N–H and O–H groups in total. The zero-order chi connectivity index (χ0) is 21.4. The highest BCUT2D eigenvalue weighted by Crippen LogP contribution is 2.35. The minimum atomic E-state index is 0.343. The van der Waals surface area contributed by atoms with E-state index in [-0.39, 0.29) is 0 Å². The van der Waals surface area contributed by atoms with Gasteiger partial charge in [0.05, 0.1) is 22.6 Å². The van der Waals surface area contributed by atoms with Gasteiger partial charge in [-0.3, -0.25) is 9.58 Å². The van der Waals surface area contributed by atoms with Gasteiger partial charge in [-0.05, 0) is 46.1 Å². The van der Waals surface area contributed by atoms with E-state index in [4.69, 9.17) is 14.5 Å². The number of nitrogens with zero attached hydrogens (tertiary/aromatic N) is 7. The first-order chi connectivity index (χ1) is 15.1. The Bertz CT molecular complexity index is 1050. The summed E-state index contributed by atoms with van der Waals surface area (Å²) >= 11 is 0. The molecule has 3 aromatic heterocycles. The molecule has 2 fully saturated rings. The van der Waals surface area contributed by atoms with Gasteiger partial charge in [0.25, 0.3) is 0 Å². The van der Waals surface area contributed by atoms with Crippen LogP contribution in [0.1, 0.15) is 54.2 Å². The van der Waals surface area contributed by atoms with Gasteiger partial charge in [-0.1, -0.05) is 5.16 Å². The molecule has 0 saturated carbocycles. The van der Waals surface area contributed by atoms with Crippen LogP contribution in [0, 0.1) is 13.8 Å². The van der Waals surface area contributed by atoms with Gasteiger partial charge >= 0.3 is 0 Å². The minimum absolute atomic E-state index is 0.343. The van der Waals surface area contributed by atoms with Crippen molar-refractivity contribution in [3.8, 4) is 11.3 Å². The van der Waals surface area contributed by atoms with Crippen molar-refractivity contribution in [2.24, 2.45) is 7.05 Å². The van der Waals surface area contributed by atoms with Gasteiger partial charge in [0.15, 0.2) is 5.76 Å². The van der Waals surface area contributed by atoms with Crippen molar-refractivity contribution in [3.05, 3.63) is 41.1 Å². The molecule has 0 aliphatic carbocycles. The normalized spacial score (nSPS) is 20.0. The van der Waals surface area contributed by atoms with E-state index in [1.54, 1.807) is 0 Å². The topological polar surface area (TPSA) is 76.1 Å². The molecule has 0 radical (unpaired) electrons. The van der Waals surface area contributed by atoms with Gasteiger partial charge in [0.2, 0.25) is 5.95 Å². The lowest BCUT2D eigenvalue weighted by Gasteiger charge is -2.33. The minimum Gasteiger partial charge on any atom is -0.356 e. The molecule has 2 aliphatic rings. The monoisotopic (exact) mass is 421 g/mol. The molecule has 2 saturated heterocycles. The molecule has 8 heteroatoms. The van der Waals surface area contributed by atoms with E-state index in [9.17, 15) is 0 Å².